The van der Waals surface area contributed by atoms with Crippen molar-refractivity contribution in [3.63, 3.8) is 0 Å². The van der Waals surface area contributed by atoms with Gasteiger partial charge in [0.1, 0.15) is 6.33 Å². The third-order valence-electron chi connectivity index (χ3n) is 4.07. The number of pyridine rings is 1. The van der Waals surface area contributed by atoms with Gasteiger partial charge in [-0.2, -0.15) is 0 Å². The molecule has 0 aliphatic heterocycles. The monoisotopic (exact) mass is 366 g/mol. The van der Waals surface area contributed by atoms with Crippen LogP contribution in [0.1, 0.15) is 26.3 Å². The van der Waals surface area contributed by atoms with E-state index in [0.717, 1.165) is 12.1 Å². The first-order valence-electron chi connectivity index (χ1n) is 8.62. The molecule has 0 fully saturated rings. The van der Waals surface area contributed by atoms with Gasteiger partial charge in [0.15, 0.2) is 5.65 Å². The van der Waals surface area contributed by atoms with Crippen molar-refractivity contribution in [3.05, 3.63) is 65.6 Å². The van der Waals surface area contributed by atoms with E-state index < -0.39 is 0 Å². The maximum atomic E-state index is 12.3. The Kier molecular flexibility index (Phi) is 5.77. The molecule has 2 amide bonds. The Morgan fingerprint density at radius 1 is 1.00 bits per heavy atom. The van der Waals surface area contributed by atoms with Gasteiger partial charge in [-0.15, -0.1) is 10.2 Å². The van der Waals surface area contributed by atoms with Crippen molar-refractivity contribution < 1.29 is 9.59 Å². The topological polar surface area (TPSA) is 91.6 Å². The van der Waals surface area contributed by atoms with Gasteiger partial charge in [0.05, 0.1) is 5.56 Å². The summed E-state index contributed by atoms with van der Waals surface area (Å²) in [5, 5.41) is 13.4. The van der Waals surface area contributed by atoms with Gasteiger partial charge in [0.25, 0.3) is 11.8 Å². The Labute approximate surface area is 157 Å². The number of aromatic nitrogens is 3. The van der Waals surface area contributed by atoms with Crippen LogP contribution in [0.15, 0.2) is 48.9 Å². The lowest BCUT2D eigenvalue weighted by molar-refractivity contribution is 0.0941. The first-order chi connectivity index (χ1) is 13.0. The standard InChI is InChI=1S/C19H22N6O2/c1-24(2)10-9-20-18(26)15-5-3-14(4-6-15)11-21-19(27)16-7-8-17-23-22-13-25(17)12-16/h3-8,12-13H,9-11H2,1-2H3,(H,20,26)(H,21,27). The molecule has 2 N–H and O–H groups in total. The smallest absolute Gasteiger partial charge is 0.253 e. The predicted octanol–water partition coefficient (Wildman–Crippen LogP) is 0.951. The van der Waals surface area contributed by atoms with Gasteiger partial charge in [-0.05, 0) is 43.9 Å². The molecule has 8 nitrogen and oxygen atoms in total. The highest BCUT2D eigenvalue weighted by molar-refractivity contribution is 5.95. The molecule has 0 aliphatic rings. The average Bonchev–Trinajstić information content (AvgIpc) is 3.14. The fourth-order valence-electron chi connectivity index (χ4n) is 2.52. The number of nitrogens with one attached hydrogen (secondary N) is 2. The molecule has 0 atom stereocenters. The van der Waals surface area contributed by atoms with Crippen molar-refractivity contribution in [1.29, 1.82) is 0 Å². The summed E-state index contributed by atoms with van der Waals surface area (Å²) in [4.78, 5) is 26.4. The minimum Gasteiger partial charge on any atom is -0.351 e. The van der Waals surface area contributed by atoms with Gasteiger partial charge < -0.3 is 15.5 Å². The SMILES string of the molecule is CN(C)CCNC(=O)c1ccc(CNC(=O)c2ccc3nncn3c2)cc1. The second-order valence-corrected chi connectivity index (χ2v) is 6.45. The molecule has 0 unspecified atom stereocenters. The molecule has 0 spiro atoms. The lowest BCUT2D eigenvalue weighted by atomic mass is 10.1. The zero-order chi connectivity index (χ0) is 19.2. The van der Waals surface area contributed by atoms with Gasteiger partial charge in [-0.25, -0.2) is 0 Å². The number of nitrogens with zero attached hydrogens (tertiary/aromatic N) is 4. The number of fused-ring (bicyclic) bond motifs is 1. The summed E-state index contributed by atoms with van der Waals surface area (Å²) < 4.78 is 1.69. The van der Waals surface area contributed by atoms with Gasteiger partial charge in [-0.1, -0.05) is 12.1 Å². The van der Waals surface area contributed by atoms with Gasteiger partial charge in [0, 0.05) is 31.4 Å². The van der Waals surface area contributed by atoms with Gasteiger partial charge in [0.2, 0.25) is 0 Å². The maximum Gasteiger partial charge on any atom is 0.253 e. The minimum atomic E-state index is -0.184. The Morgan fingerprint density at radius 3 is 2.44 bits per heavy atom. The quantitative estimate of drug-likeness (QED) is 0.650. The van der Waals surface area contributed by atoms with Crippen LogP contribution in [0.3, 0.4) is 0 Å². The fourth-order valence-corrected chi connectivity index (χ4v) is 2.52. The van der Waals surface area contributed by atoms with Crippen LogP contribution in [0.2, 0.25) is 0 Å². The van der Waals surface area contributed by atoms with E-state index in [1.807, 2.05) is 31.1 Å². The molecule has 3 rings (SSSR count). The zero-order valence-electron chi connectivity index (χ0n) is 15.3. The van der Waals surface area contributed by atoms with Crippen LogP contribution in [0, 0.1) is 0 Å². The molecule has 0 radical (unpaired) electrons. The van der Waals surface area contributed by atoms with Crippen molar-refractivity contribution in [3.8, 4) is 0 Å². The van der Waals surface area contributed by atoms with E-state index in [1.54, 1.807) is 41.2 Å². The van der Waals surface area contributed by atoms with Crippen molar-refractivity contribution in [2.45, 2.75) is 6.54 Å². The third-order valence-corrected chi connectivity index (χ3v) is 4.07. The Balaban J connectivity index is 1.53. The molecule has 27 heavy (non-hydrogen) atoms. The van der Waals surface area contributed by atoms with Crippen LogP contribution in [-0.2, 0) is 6.54 Å². The van der Waals surface area contributed by atoms with Crippen LogP contribution in [0.5, 0.6) is 0 Å². The second kappa shape index (κ2) is 8.41. The van der Waals surface area contributed by atoms with E-state index in [9.17, 15) is 9.59 Å². The van der Waals surface area contributed by atoms with Crippen LogP contribution < -0.4 is 10.6 Å². The first-order valence-corrected chi connectivity index (χ1v) is 8.62. The van der Waals surface area contributed by atoms with E-state index in [-0.39, 0.29) is 11.8 Å². The zero-order valence-corrected chi connectivity index (χ0v) is 15.3. The van der Waals surface area contributed by atoms with Crippen molar-refractivity contribution in [2.24, 2.45) is 0 Å². The van der Waals surface area contributed by atoms with Crippen molar-refractivity contribution in [1.82, 2.24) is 30.1 Å². The van der Waals surface area contributed by atoms with Crippen LogP contribution in [0.4, 0.5) is 0 Å². The normalized spacial score (nSPS) is 10.9. The maximum absolute atomic E-state index is 12.3. The summed E-state index contributed by atoms with van der Waals surface area (Å²) in [6, 6.07) is 10.6. The molecular weight excluding hydrogens is 344 g/mol. The number of carbonyl (C=O) groups excluding carboxylic acids is 2. The van der Waals surface area contributed by atoms with Crippen LogP contribution in [0.25, 0.3) is 5.65 Å². The molecule has 2 aromatic heterocycles. The lowest BCUT2D eigenvalue weighted by Gasteiger charge is -2.11. The summed E-state index contributed by atoms with van der Waals surface area (Å²) in [5.41, 5.74) is 2.73. The Bertz CT molecular complexity index is 933. The predicted molar refractivity (Wildman–Crippen MR) is 101 cm³/mol. The number of hydrogen-bond donors (Lipinski definition) is 2. The molecule has 1 aromatic carbocycles. The molecule has 0 aliphatic carbocycles. The summed E-state index contributed by atoms with van der Waals surface area (Å²) >= 11 is 0. The molecule has 140 valence electrons. The highest BCUT2D eigenvalue weighted by Crippen LogP contribution is 2.07. The Morgan fingerprint density at radius 2 is 1.70 bits per heavy atom. The number of rotatable bonds is 7. The van der Waals surface area contributed by atoms with E-state index in [4.69, 9.17) is 0 Å². The van der Waals surface area contributed by atoms with Gasteiger partial charge >= 0.3 is 0 Å². The highest BCUT2D eigenvalue weighted by atomic mass is 16.2. The van der Waals surface area contributed by atoms with Crippen molar-refractivity contribution in [2.75, 3.05) is 27.2 Å². The molecule has 0 bridgehead atoms. The lowest BCUT2D eigenvalue weighted by Crippen LogP contribution is -2.31. The summed E-state index contributed by atoms with van der Waals surface area (Å²) in [5.74, 6) is -0.286. The second-order valence-electron chi connectivity index (χ2n) is 6.45. The van der Waals surface area contributed by atoms with E-state index >= 15 is 0 Å². The van der Waals surface area contributed by atoms with Crippen molar-refractivity contribution >= 4 is 17.5 Å². The molecule has 8 heteroatoms. The number of hydrogen-bond acceptors (Lipinski definition) is 5. The largest absolute Gasteiger partial charge is 0.351 e. The number of benzene rings is 1. The van der Waals surface area contributed by atoms with Gasteiger partial charge in [-0.3, -0.25) is 14.0 Å². The molecule has 0 saturated carbocycles. The molecule has 3 aromatic rings. The van der Waals surface area contributed by atoms with E-state index in [1.165, 1.54) is 0 Å². The van der Waals surface area contributed by atoms with Crippen LogP contribution in [-0.4, -0.2) is 58.5 Å². The Hall–Kier alpha value is -3.26. The highest BCUT2D eigenvalue weighted by Gasteiger charge is 2.08. The molecule has 0 saturated heterocycles. The summed E-state index contributed by atoms with van der Waals surface area (Å²) in [7, 11) is 3.92. The van der Waals surface area contributed by atoms with Crippen LogP contribution >= 0.6 is 0 Å². The van der Waals surface area contributed by atoms with E-state index in [2.05, 4.69) is 20.8 Å². The number of likely N-dealkylation sites (N-methyl/N-ethyl adjacent to an activating group) is 1. The molecular formula is C19H22N6O2. The minimum absolute atomic E-state index is 0.102. The van der Waals surface area contributed by atoms with E-state index in [0.29, 0.717) is 29.9 Å². The fraction of sp³-hybridized carbons (Fsp3) is 0.263. The average molecular weight is 366 g/mol. The molecule has 2 heterocycles. The third kappa shape index (κ3) is 4.89. The number of amides is 2. The number of carbonyl (C=O) groups is 2. The summed E-state index contributed by atoms with van der Waals surface area (Å²) in [6.45, 7) is 1.76. The first kappa shape index (κ1) is 18.5. The summed E-state index contributed by atoms with van der Waals surface area (Å²) in [6.07, 6.45) is 3.24.